The zero-order valence-electron chi connectivity index (χ0n) is 8.90. The molecule has 2 N–H and O–H groups in total. The number of thioether (sulfide) groups is 1. The van der Waals surface area contributed by atoms with Crippen LogP contribution in [0.3, 0.4) is 0 Å². The van der Waals surface area contributed by atoms with Crippen LogP contribution in [0.25, 0.3) is 0 Å². The Morgan fingerprint density at radius 1 is 1.31 bits per heavy atom. The summed E-state index contributed by atoms with van der Waals surface area (Å²) in [5.74, 6) is -1.43. The van der Waals surface area contributed by atoms with Gasteiger partial charge in [0.05, 0.1) is 0 Å². The number of hydrogen-bond acceptors (Lipinski definition) is 3. The minimum absolute atomic E-state index is 0.238. The molecule has 0 aromatic heterocycles. The molecule has 0 fully saturated rings. The van der Waals surface area contributed by atoms with E-state index >= 15 is 0 Å². The molecule has 0 aliphatic heterocycles. The Morgan fingerprint density at radius 2 is 1.94 bits per heavy atom. The summed E-state index contributed by atoms with van der Waals surface area (Å²) in [6.07, 6.45) is 0. The Labute approximate surface area is 98.0 Å². The third kappa shape index (κ3) is 3.94. The highest BCUT2D eigenvalue weighted by atomic mass is 32.2. The highest BCUT2D eigenvalue weighted by Crippen LogP contribution is 2.17. The SMILES string of the molecule is CCSc1ccc(CNC(=O)C(=O)O)cc1. The van der Waals surface area contributed by atoms with E-state index in [1.54, 1.807) is 11.8 Å². The van der Waals surface area contributed by atoms with Gasteiger partial charge in [0, 0.05) is 11.4 Å². The Balaban J connectivity index is 2.49. The van der Waals surface area contributed by atoms with E-state index in [4.69, 9.17) is 5.11 Å². The van der Waals surface area contributed by atoms with Crippen LogP contribution in [0.4, 0.5) is 0 Å². The molecule has 1 aromatic carbocycles. The van der Waals surface area contributed by atoms with Gasteiger partial charge in [-0.3, -0.25) is 4.79 Å². The van der Waals surface area contributed by atoms with Crippen molar-refractivity contribution in [1.29, 1.82) is 0 Å². The summed E-state index contributed by atoms with van der Waals surface area (Å²) in [4.78, 5) is 22.2. The highest BCUT2D eigenvalue weighted by molar-refractivity contribution is 7.99. The summed E-state index contributed by atoms with van der Waals surface area (Å²) >= 11 is 1.73. The number of carboxylic acids is 1. The molecule has 0 aliphatic carbocycles. The van der Waals surface area contributed by atoms with Gasteiger partial charge in [-0.15, -0.1) is 11.8 Å². The van der Waals surface area contributed by atoms with Gasteiger partial charge in [-0.05, 0) is 23.4 Å². The molecule has 86 valence electrons. The van der Waals surface area contributed by atoms with E-state index in [0.29, 0.717) is 0 Å². The van der Waals surface area contributed by atoms with E-state index in [2.05, 4.69) is 12.2 Å². The first-order valence-corrected chi connectivity index (χ1v) is 5.85. The molecule has 0 saturated carbocycles. The largest absolute Gasteiger partial charge is 0.474 e. The third-order valence-corrected chi connectivity index (χ3v) is 2.78. The van der Waals surface area contributed by atoms with Crippen LogP contribution in [0.15, 0.2) is 29.2 Å². The summed E-state index contributed by atoms with van der Waals surface area (Å²) < 4.78 is 0. The van der Waals surface area contributed by atoms with Gasteiger partial charge in [0.25, 0.3) is 0 Å². The van der Waals surface area contributed by atoms with Crippen LogP contribution >= 0.6 is 11.8 Å². The second kappa shape index (κ2) is 6.17. The van der Waals surface area contributed by atoms with Crippen LogP contribution in [0.1, 0.15) is 12.5 Å². The van der Waals surface area contributed by atoms with Crippen molar-refractivity contribution in [3.8, 4) is 0 Å². The average molecular weight is 239 g/mol. The Hall–Kier alpha value is -1.49. The predicted octanol–water partition coefficient (Wildman–Crippen LogP) is 1.50. The number of carboxylic acid groups (broad SMARTS) is 1. The maximum absolute atomic E-state index is 10.8. The molecule has 0 saturated heterocycles. The second-order valence-electron chi connectivity index (χ2n) is 3.06. The number of nitrogens with one attached hydrogen (secondary N) is 1. The van der Waals surface area contributed by atoms with Crippen LogP contribution in [0.5, 0.6) is 0 Å². The first-order valence-electron chi connectivity index (χ1n) is 4.86. The van der Waals surface area contributed by atoms with E-state index in [1.165, 1.54) is 0 Å². The van der Waals surface area contributed by atoms with Gasteiger partial charge in [-0.2, -0.15) is 0 Å². The van der Waals surface area contributed by atoms with Crippen molar-refractivity contribution in [1.82, 2.24) is 5.32 Å². The summed E-state index contributed by atoms with van der Waals surface area (Å²) in [6.45, 7) is 2.31. The zero-order chi connectivity index (χ0) is 12.0. The second-order valence-corrected chi connectivity index (χ2v) is 4.40. The highest BCUT2D eigenvalue weighted by Gasteiger charge is 2.09. The van der Waals surface area contributed by atoms with Crippen molar-refractivity contribution in [2.24, 2.45) is 0 Å². The number of aliphatic carboxylic acids is 1. The molecule has 0 unspecified atom stereocenters. The summed E-state index contributed by atoms with van der Waals surface area (Å²) in [7, 11) is 0. The van der Waals surface area contributed by atoms with Crippen LogP contribution in [-0.2, 0) is 16.1 Å². The summed E-state index contributed by atoms with van der Waals surface area (Å²) in [6, 6.07) is 7.66. The van der Waals surface area contributed by atoms with Gasteiger partial charge < -0.3 is 10.4 Å². The number of amides is 1. The van der Waals surface area contributed by atoms with Gasteiger partial charge >= 0.3 is 11.9 Å². The predicted molar refractivity (Wildman–Crippen MR) is 62.3 cm³/mol. The molecule has 16 heavy (non-hydrogen) atoms. The topological polar surface area (TPSA) is 66.4 Å². The molecule has 0 heterocycles. The molecule has 0 spiro atoms. The molecular weight excluding hydrogens is 226 g/mol. The standard InChI is InChI=1S/C11H13NO3S/c1-2-16-9-5-3-8(4-6-9)7-12-10(13)11(14)15/h3-6H,2,7H2,1H3,(H,12,13)(H,14,15). The van der Waals surface area contributed by atoms with Crippen molar-refractivity contribution >= 4 is 23.6 Å². The van der Waals surface area contributed by atoms with Gasteiger partial charge in [0.2, 0.25) is 0 Å². The van der Waals surface area contributed by atoms with E-state index in [0.717, 1.165) is 16.2 Å². The minimum Gasteiger partial charge on any atom is -0.474 e. The summed E-state index contributed by atoms with van der Waals surface area (Å²) in [5, 5.41) is 10.7. The van der Waals surface area contributed by atoms with Gasteiger partial charge in [0.1, 0.15) is 0 Å². The fraction of sp³-hybridized carbons (Fsp3) is 0.273. The molecule has 4 nitrogen and oxygen atoms in total. The molecule has 1 aromatic rings. The third-order valence-electron chi connectivity index (χ3n) is 1.88. The normalized spacial score (nSPS) is 9.81. The minimum atomic E-state index is -1.46. The first-order chi connectivity index (χ1) is 7.63. The van der Waals surface area contributed by atoms with Gasteiger partial charge in [0.15, 0.2) is 0 Å². The Bertz CT molecular complexity index is 375. The number of hydrogen-bond donors (Lipinski definition) is 2. The lowest BCUT2D eigenvalue weighted by Gasteiger charge is -2.03. The lowest BCUT2D eigenvalue weighted by atomic mass is 10.2. The number of carbonyl (C=O) groups excluding carboxylic acids is 1. The van der Waals surface area contributed by atoms with Crippen molar-refractivity contribution < 1.29 is 14.7 Å². The van der Waals surface area contributed by atoms with Crippen molar-refractivity contribution in [3.63, 3.8) is 0 Å². The number of rotatable bonds is 4. The molecule has 0 atom stereocenters. The maximum Gasteiger partial charge on any atom is 0.394 e. The molecular formula is C11H13NO3S. The van der Waals surface area contributed by atoms with Crippen LogP contribution < -0.4 is 5.32 Å². The number of benzene rings is 1. The molecule has 1 amide bonds. The summed E-state index contributed by atoms with van der Waals surface area (Å²) in [5.41, 5.74) is 0.884. The van der Waals surface area contributed by atoms with Crippen molar-refractivity contribution in [2.75, 3.05) is 5.75 Å². The molecule has 1 rings (SSSR count). The fourth-order valence-electron chi connectivity index (χ4n) is 1.13. The van der Waals surface area contributed by atoms with Crippen LogP contribution in [0.2, 0.25) is 0 Å². The zero-order valence-corrected chi connectivity index (χ0v) is 9.71. The molecule has 0 radical (unpaired) electrons. The smallest absolute Gasteiger partial charge is 0.394 e. The van der Waals surface area contributed by atoms with Gasteiger partial charge in [-0.1, -0.05) is 19.1 Å². The Kier molecular flexibility index (Phi) is 4.85. The Morgan fingerprint density at radius 3 is 2.44 bits per heavy atom. The van der Waals surface area contributed by atoms with Gasteiger partial charge in [-0.25, -0.2) is 4.79 Å². The van der Waals surface area contributed by atoms with E-state index in [9.17, 15) is 9.59 Å². The van der Waals surface area contributed by atoms with Crippen molar-refractivity contribution in [3.05, 3.63) is 29.8 Å². The molecule has 0 bridgehead atoms. The molecule has 0 aliphatic rings. The number of carbonyl (C=O) groups is 2. The fourth-order valence-corrected chi connectivity index (χ4v) is 1.79. The van der Waals surface area contributed by atoms with Crippen molar-refractivity contribution in [2.45, 2.75) is 18.4 Å². The van der Waals surface area contributed by atoms with Crippen LogP contribution in [0, 0.1) is 0 Å². The van der Waals surface area contributed by atoms with E-state index in [1.807, 2.05) is 24.3 Å². The molecule has 5 heteroatoms. The lowest BCUT2D eigenvalue weighted by Crippen LogP contribution is -2.29. The average Bonchev–Trinajstić information content (AvgIpc) is 2.28. The van der Waals surface area contributed by atoms with E-state index in [-0.39, 0.29) is 6.54 Å². The first kappa shape index (κ1) is 12.6. The van der Waals surface area contributed by atoms with Crippen LogP contribution in [-0.4, -0.2) is 22.7 Å². The lowest BCUT2D eigenvalue weighted by molar-refractivity contribution is -0.150. The van der Waals surface area contributed by atoms with E-state index < -0.39 is 11.9 Å². The maximum atomic E-state index is 10.8. The quantitative estimate of drug-likeness (QED) is 0.617. The monoisotopic (exact) mass is 239 g/mol.